The lowest BCUT2D eigenvalue weighted by molar-refractivity contribution is 0.0895. The van der Waals surface area contributed by atoms with Crippen LogP contribution in [0, 0.1) is 0 Å². The van der Waals surface area contributed by atoms with Gasteiger partial charge in [0.1, 0.15) is 9.77 Å². The molecule has 1 aromatic heterocycles. The van der Waals surface area contributed by atoms with Crippen molar-refractivity contribution in [3.63, 3.8) is 0 Å². The molecule has 0 saturated heterocycles. The Labute approximate surface area is 145 Å². The Morgan fingerprint density at radius 2 is 1.70 bits per heavy atom. The third kappa shape index (κ3) is 2.44. The SMILES string of the molecule is CN1C(=O)c2sc(-c3ccc(S(C)(=O)=O)cc3)c(Br)c2S1(=O)=O. The van der Waals surface area contributed by atoms with E-state index >= 15 is 0 Å². The van der Waals surface area contributed by atoms with E-state index in [-0.39, 0.29) is 14.7 Å². The molecule has 1 aliphatic heterocycles. The van der Waals surface area contributed by atoms with Crippen LogP contribution in [0.5, 0.6) is 0 Å². The number of amides is 1. The van der Waals surface area contributed by atoms with Crippen LogP contribution in [0.25, 0.3) is 10.4 Å². The summed E-state index contributed by atoms with van der Waals surface area (Å²) in [6.07, 6.45) is 1.11. The topological polar surface area (TPSA) is 88.6 Å². The standard InChI is InChI=1S/C13H10BrNO5S3/c1-15-13(16)11-12(23(15,19)20)9(14)10(21-11)7-3-5-8(6-4-7)22(2,17)18/h3-6H,1-2H3. The molecule has 6 nitrogen and oxygen atoms in total. The summed E-state index contributed by atoms with van der Waals surface area (Å²) in [5, 5.41) is 0. The van der Waals surface area contributed by atoms with E-state index in [0.717, 1.165) is 21.9 Å². The van der Waals surface area contributed by atoms with Crippen LogP contribution in [0.3, 0.4) is 0 Å². The number of carbonyl (C=O) groups excluding carboxylic acids is 1. The molecule has 0 radical (unpaired) electrons. The van der Waals surface area contributed by atoms with Gasteiger partial charge in [0, 0.05) is 13.3 Å². The summed E-state index contributed by atoms with van der Waals surface area (Å²) in [5.74, 6) is -0.565. The van der Waals surface area contributed by atoms with Crippen LogP contribution in [0.1, 0.15) is 9.67 Å². The molecule has 0 atom stereocenters. The predicted octanol–water partition coefficient (Wildman–Crippen LogP) is 2.36. The number of hydrogen-bond donors (Lipinski definition) is 0. The second kappa shape index (κ2) is 5.13. The van der Waals surface area contributed by atoms with Gasteiger partial charge in [-0.15, -0.1) is 11.3 Å². The molecule has 0 fully saturated rings. The monoisotopic (exact) mass is 435 g/mol. The van der Waals surface area contributed by atoms with Gasteiger partial charge in [-0.1, -0.05) is 12.1 Å². The van der Waals surface area contributed by atoms with Crippen molar-refractivity contribution in [2.75, 3.05) is 13.3 Å². The summed E-state index contributed by atoms with van der Waals surface area (Å²) in [6, 6.07) is 6.07. The van der Waals surface area contributed by atoms with Crippen LogP contribution in [-0.2, 0) is 19.9 Å². The van der Waals surface area contributed by atoms with E-state index in [1.54, 1.807) is 12.1 Å². The Kier molecular flexibility index (Phi) is 3.71. The first-order valence-electron chi connectivity index (χ1n) is 6.21. The minimum absolute atomic E-state index is 0.0304. The first-order valence-corrected chi connectivity index (χ1v) is 11.2. The Hall–Kier alpha value is -1.23. The largest absolute Gasteiger partial charge is 0.278 e. The molecule has 0 unspecified atom stereocenters. The summed E-state index contributed by atoms with van der Waals surface area (Å²) in [5.41, 5.74) is 0.634. The third-order valence-corrected chi connectivity index (χ3v) is 9.07. The summed E-state index contributed by atoms with van der Waals surface area (Å²) in [7, 11) is -5.92. The number of carbonyl (C=O) groups is 1. The normalized spacial score (nSPS) is 16.7. The van der Waals surface area contributed by atoms with E-state index in [2.05, 4.69) is 15.9 Å². The highest BCUT2D eigenvalue weighted by Crippen LogP contribution is 2.47. The second-order valence-corrected chi connectivity index (χ2v) is 10.7. The summed E-state index contributed by atoms with van der Waals surface area (Å²) < 4.78 is 48.5. The van der Waals surface area contributed by atoms with Crippen molar-refractivity contribution in [3.05, 3.63) is 33.6 Å². The number of rotatable bonds is 2. The Balaban J connectivity index is 2.17. The highest BCUT2D eigenvalue weighted by molar-refractivity contribution is 9.10. The number of sulfone groups is 1. The van der Waals surface area contributed by atoms with Gasteiger partial charge in [0.15, 0.2) is 9.84 Å². The van der Waals surface area contributed by atoms with Gasteiger partial charge in [-0.05, 0) is 33.6 Å². The van der Waals surface area contributed by atoms with E-state index in [0.29, 0.717) is 14.9 Å². The Morgan fingerprint density at radius 3 is 2.17 bits per heavy atom. The maximum atomic E-state index is 12.2. The molecule has 1 aliphatic rings. The van der Waals surface area contributed by atoms with E-state index < -0.39 is 25.8 Å². The molecule has 1 aromatic carbocycles. The lowest BCUT2D eigenvalue weighted by Gasteiger charge is -2.08. The second-order valence-electron chi connectivity index (χ2n) is 4.98. The van der Waals surface area contributed by atoms with Crippen molar-refractivity contribution >= 4 is 53.0 Å². The van der Waals surface area contributed by atoms with E-state index in [4.69, 9.17) is 0 Å². The van der Waals surface area contributed by atoms with Crippen LogP contribution >= 0.6 is 27.3 Å². The maximum Gasteiger partial charge on any atom is 0.278 e. The number of nitrogens with zero attached hydrogens (tertiary/aromatic N) is 1. The summed E-state index contributed by atoms with van der Waals surface area (Å²) in [4.78, 5) is 12.9. The maximum absolute atomic E-state index is 12.2. The van der Waals surface area contributed by atoms with Crippen LogP contribution in [0.2, 0.25) is 0 Å². The zero-order valence-corrected chi connectivity index (χ0v) is 15.9. The molecule has 0 spiro atoms. The minimum Gasteiger partial charge on any atom is -0.267 e. The third-order valence-electron chi connectivity index (χ3n) is 3.45. The van der Waals surface area contributed by atoms with Crippen LogP contribution in [0.15, 0.2) is 38.5 Å². The fourth-order valence-corrected chi connectivity index (χ4v) is 7.11. The predicted molar refractivity (Wildman–Crippen MR) is 89.8 cm³/mol. The number of thiophene rings is 1. The number of fused-ring (bicyclic) bond motifs is 1. The van der Waals surface area contributed by atoms with Gasteiger partial charge in [0.2, 0.25) is 0 Å². The van der Waals surface area contributed by atoms with Gasteiger partial charge < -0.3 is 0 Å². The first-order chi connectivity index (χ1) is 10.5. The Bertz CT molecular complexity index is 1040. The van der Waals surface area contributed by atoms with E-state index in [1.807, 2.05) is 0 Å². The molecule has 2 aromatic rings. The van der Waals surface area contributed by atoms with Crippen LogP contribution in [-0.4, -0.2) is 40.4 Å². The highest BCUT2D eigenvalue weighted by atomic mass is 79.9. The van der Waals surface area contributed by atoms with E-state index in [1.165, 1.54) is 19.2 Å². The first kappa shape index (κ1) is 16.6. The van der Waals surface area contributed by atoms with Gasteiger partial charge in [-0.2, -0.15) is 0 Å². The van der Waals surface area contributed by atoms with Gasteiger partial charge in [-0.25, -0.2) is 21.1 Å². The zero-order chi connectivity index (χ0) is 17.2. The van der Waals surface area contributed by atoms with Gasteiger partial charge in [0.05, 0.1) is 14.2 Å². The molecule has 3 rings (SSSR count). The molecule has 122 valence electrons. The van der Waals surface area contributed by atoms with Gasteiger partial charge in [-0.3, -0.25) is 4.79 Å². The molecule has 0 saturated carbocycles. The molecule has 2 heterocycles. The van der Waals surface area contributed by atoms with Crippen LogP contribution in [0.4, 0.5) is 0 Å². The average molecular weight is 436 g/mol. The number of benzene rings is 1. The van der Waals surface area contributed by atoms with Gasteiger partial charge in [0.25, 0.3) is 15.9 Å². The number of sulfonamides is 1. The number of halogens is 1. The fourth-order valence-electron chi connectivity index (χ4n) is 2.20. The molecule has 0 bridgehead atoms. The molecule has 0 aliphatic carbocycles. The highest BCUT2D eigenvalue weighted by Gasteiger charge is 2.43. The molecular weight excluding hydrogens is 426 g/mol. The van der Waals surface area contributed by atoms with Crippen molar-refractivity contribution in [1.29, 1.82) is 0 Å². The van der Waals surface area contributed by atoms with Crippen molar-refractivity contribution < 1.29 is 21.6 Å². The van der Waals surface area contributed by atoms with E-state index in [9.17, 15) is 21.6 Å². The number of hydrogen-bond acceptors (Lipinski definition) is 6. The molecule has 10 heteroatoms. The van der Waals surface area contributed by atoms with Crippen molar-refractivity contribution in [3.8, 4) is 10.4 Å². The average Bonchev–Trinajstić information content (AvgIpc) is 2.90. The molecule has 1 amide bonds. The quantitative estimate of drug-likeness (QED) is 0.721. The fraction of sp³-hybridized carbons (Fsp3) is 0.154. The summed E-state index contributed by atoms with van der Waals surface area (Å²) >= 11 is 4.32. The molecule has 23 heavy (non-hydrogen) atoms. The lowest BCUT2D eigenvalue weighted by atomic mass is 10.2. The lowest BCUT2D eigenvalue weighted by Crippen LogP contribution is -2.25. The summed E-state index contributed by atoms with van der Waals surface area (Å²) in [6.45, 7) is 0. The zero-order valence-electron chi connectivity index (χ0n) is 11.9. The van der Waals surface area contributed by atoms with Crippen molar-refractivity contribution in [2.45, 2.75) is 9.79 Å². The van der Waals surface area contributed by atoms with Crippen LogP contribution < -0.4 is 0 Å². The molecule has 0 N–H and O–H groups in total. The minimum atomic E-state index is -3.83. The Morgan fingerprint density at radius 1 is 1.13 bits per heavy atom. The molecular formula is C13H10BrNO5S3. The van der Waals surface area contributed by atoms with Crippen molar-refractivity contribution in [2.24, 2.45) is 0 Å². The van der Waals surface area contributed by atoms with Crippen molar-refractivity contribution in [1.82, 2.24) is 4.31 Å². The smallest absolute Gasteiger partial charge is 0.267 e. The van der Waals surface area contributed by atoms with Gasteiger partial charge >= 0.3 is 0 Å².